The van der Waals surface area contributed by atoms with Gasteiger partial charge in [-0.05, 0) is 18.8 Å². The van der Waals surface area contributed by atoms with Crippen LogP contribution in [0.25, 0.3) is 0 Å². The van der Waals surface area contributed by atoms with Crippen molar-refractivity contribution in [2.24, 2.45) is 5.92 Å². The molecule has 0 aromatic carbocycles. The SMILES string of the molecule is C=CCN1C(=O)C2(CCCC2)NC(=O)C1C(C)C. The van der Waals surface area contributed by atoms with Gasteiger partial charge in [-0.2, -0.15) is 0 Å². The van der Waals surface area contributed by atoms with Crippen LogP contribution >= 0.6 is 0 Å². The average molecular weight is 250 g/mol. The van der Waals surface area contributed by atoms with Crippen LogP contribution in [0.2, 0.25) is 0 Å². The van der Waals surface area contributed by atoms with Crippen molar-refractivity contribution in [3.8, 4) is 0 Å². The second-order valence-electron chi connectivity index (χ2n) is 5.71. The van der Waals surface area contributed by atoms with Gasteiger partial charge in [0, 0.05) is 6.54 Å². The molecule has 1 saturated carbocycles. The molecule has 1 spiro atoms. The third-order valence-corrected chi connectivity index (χ3v) is 4.05. The molecule has 4 nitrogen and oxygen atoms in total. The standard InChI is InChI=1S/C14H22N2O2/c1-4-9-16-11(10(2)3)12(17)15-14(13(16)18)7-5-6-8-14/h4,10-11H,1,5-9H2,2-3H3,(H,15,17). The lowest BCUT2D eigenvalue weighted by molar-refractivity contribution is -0.155. The smallest absolute Gasteiger partial charge is 0.249 e. The first-order valence-electron chi connectivity index (χ1n) is 6.76. The Balaban J connectivity index is 2.32. The fourth-order valence-electron chi connectivity index (χ4n) is 3.22. The highest BCUT2D eigenvalue weighted by Gasteiger charge is 2.52. The van der Waals surface area contributed by atoms with Crippen LogP contribution in [0.15, 0.2) is 12.7 Å². The van der Waals surface area contributed by atoms with E-state index in [0.29, 0.717) is 6.54 Å². The van der Waals surface area contributed by atoms with Crippen LogP contribution in [0.4, 0.5) is 0 Å². The largest absolute Gasteiger partial charge is 0.340 e. The topological polar surface area (TPSA) is 49.4 Å². The van der Waals surface area contributed by atoms with Crippen molar-refractivity contribution in [1.82, 2.24) is 10.2 Å². The first kappa shape index (κ1) is 13.1. The maximum absolute atomic E-state index is 12.7. The van der Waals surface area contributed by atoms with Crippen LogP contribution in [0.1, 0.15) is 39.5 Å². The zero-order valence-corrected chi connectivity index (χ0v) is 11.2. The van der Waals surface area contributed by atoms with Gasteiger partial charge in [-0.25, -0.2) is 0 Å². The summed E-state index contributed by atoms with van der Waals surface area (Å²) >= 11 is 0. The van der Waals surface area contributed by atoms with Crippen LogP contribution in [0, 0.1) is 5.92 Å². The van der Waals surface area contributed by atoms with Crippen molar-refractivity contribution >= 4 is 11.8 Å². The van der Waals surface area contributed by atoms with Crippen LogP contribution in [-0.4, -0.2) is 34.8 Å². The minimum Gasteiger partial charge on any atom is -0.340 e. The zero-order chi connectivity index (χ0) is 13.3. The predicted molar refractivity (Wildman–Crippen MR) is 69.9 cm³/mol. The van der Waals surface area contributed by atoms with Crippen LogP contribution < -0.4 is 5.32 Å². The molecule has 4 heteroatoms. The molecule has 1 saturated heterocycles. The molecule has 2 rings (SSSR count). The van der Waals surface area contributed by atoms with Gasteiger partial charge >= 0.3 is 0 Å². The van der Waals surface area contributed by atoms with Crippen LogP contribution in [0.5, 0.6) is 0 Å². The van der Waals surface area contributed by atoms with Crippen LogP contribution in [-0.2, 0) is 9.59 Å². The average Bonchev–Trinajstić information content (AvgIpc) is 2.75. The third-order valence-electron chi connectivity index (χ3n) is 4.05. The molecular formula is C14H22N2O2. The minimum atomic E-state index is -0.620. The summed E-state index contributed by atoms with van der Waals surface area (Å²) in [7, 11) is 0. The minimum absolute atomic E-state index is 0.00616. The summed E-state index contributed by atoms with van der Waals surface area (Å²) < 4.78 is 0. The second kappa shape index (κ2) is 4.75. The molecule has 1 atom stereocenters. The molecule has 0 radical (unpaired) electrons. The van der Waals surface area contributed by atoms with Gasteiger partial charge in [-0.1, -0.05) is 32.8 Å². The van der Waals surface area contributed by atoms with Gasteiger partial charge in [-0.15, -0.1) is 6.58 Å². The number of piperazine rings is 1. The van der Waals surface area contributed by atoms with E-state index in [0.717, 1.165) is 25.7 Å². The number of hydrogen-bond acceptors (Lipinski definition) is 2. The number of carbonyl (C=O) groups is 2. The van der Waals surface area contributed by atoms with Gasteiger partial charge in [0.05, 0.1) is 0 Å². The lowest BCUT2D eigenvalue weighted by atomic mass is 9.87. The quantitative estimate of drug-likeness (QED) is 0.771. The molecule has 2 fully saturated rings. The Morgan fingerprint density at radius 2 is 2.06 bits per heavy atom. The van der Waals surface area contributed by atoms with Crippen molar-refractivity contribution in [2.45, 2.75) is 51.1 Å². The molecule has 1 N–H and O–H groups in total. The normalized spacial score (nSPS) is 26.8. The molecule has 1 unspecified atom stereocenters. The molecule has 1 aliphatic heterocycles. The summed E-state index contributed by atoms with van der Waals surface area (Å²) in [6.45, 7) is 8.10. The van der Waals surface area contributed by atoms with Crippen molar-refractivity contribution in [1.29, 1.82) is 0 Å². The highest BCUT2D eigenvalue weighted by atomic mass is 16.2. The summed E-state index contributed by atoms with van der Waals surface area (Å²) in [6, 6.07) is -0.360. The third kappa shape index (κ3) is 1.93. The van der Waals surface area contributed by atoms with Crippen molar-refractivity contribution < 1.29 is 9.59 Å². The van der Waals surface area contributed by atoms with E-state index in [1.54, 1.807) is 11.0 Å². The Kier molecular flexibility index (Phi) is 3.46. The number of nitrogens with zero attached hydrogens (tertiary/aromatic N) is 1. The lowest BCUT2D eigenvalue weighted by Gasteiger charge is -2.45. The molecular weight excluding hydrogens is 228 g/mol. The lowest BCUT2D eigenvalue weighted by Crippen LogP contribution is -2.70. The predicted octanol–water partition coefficient (Wildman–Crippen LogP) is 1.47. The van der Waals surface area contributed by atoms with Crippen molar-refractivity contribution in [2.75, 3.05) is 6.54 Å². The van der Waals surface area contributed by atoms with E-state index in [9.17, 15) is 9.59 Å². The van der Waals surface area contributed by atoms with Gasteiger partial charge in [-0.3, -0.25) is 9.59 Å². The first-order chi connectivity index (χ1) is 8.52. The van der Waals surface area contributed by atoms with Gasteiger partial charge in [0.15, 0.2) is 0 Å². The Bertz CT molecular complexity index is 370. The molecule has 1 heterocycles. The van der Waals surface area contributed by atoms with Crippen molar-refractivity contribution in [3.63, 3.8) is 0 Å². The molecule has 0 bridgehead atoms. The monoisotopic (exact) mass is 250 g/mol. The summed E-state index contributed by atoms with van der Waals surface area (Å²) in [4.78, 5) is 26.7. The van der Waals surface area contributed by atoms with Gasteiger partial charge < -0.3 is 10.2 Å². The molecule has 2 amide bonds. The molecule has 1 aliphatic carbocycles. The van der Waals surface area contributed by atoms with E-state index >= 15 is 0 Å². The second-order valence-corrected chi connectivity index (χ2v) is 5.71. The number of nitrogens with one attached hydrogen (secondary N) is 1. The zero-order valence-electron chi connectivity index (χ0n) is 11.2. The molecule has 100 valence electrons. The first-order valence-corrected chi connectivity index (χ1v) is 6.76. The number of hydrogen-bond donors (Lipinski definition) is 1. The number of carbonyl (C=O) groups excluding carboxylic acids is 2. The molecule has 2 aliphatic rings. The summed E-state index contributed by atoms with van der Waals surface area (Å²) in [6.07, 6.45) is 5.28. The van der Waals surface area contributed by atoms with E-state index in [-0.39, 0.29) is 23.8 Å². The fraction of sp³-hybridized carbons (Fsp3) is 0.714. The highest BCUT2D eigenvalue weighted by Crippen LogP contribution is 2.35. The van der Waals surface area contributed by atoms with Gasteiger partial charge in [0.1, 0.15) is 11.6 Å². The highest BCUT2D eigenvalue weighted by molar-refractivity contribution is 6.00. The Labute approximate surface area is 108 Å². The summed E-state index contributed by atoms with van der Waals surface area (Å²) in [5.41, 5.74) is -0.620. The van der Waals surface area contributed by atoms with Crippen molar-refractivity contribution in [3.05, 3.63) is 12.7 Å². The van der Waals surface area contributed by atoms with E-state index in [4.69, 9.17) is 0 Å². The molecule has 0 aromatic heterocycles. The van der Waals surface area contributed by atoms with Crippen LogP contribution in [0.3, 0.4) is 0 Å². The van der Waals surface area contributed by atoms with E-state index < -0.39 is 5.54 Å². The van der Waals surface area contributed by atoms with E-state index in [1.165, 1.54) is 0 Å². The summed E-state index contributed by atoms with van der Waals surface area (Å²) in [5.74, 6) is 0.194. The van der Waals surface area contributed by atoms with E-state index in [1.807, 2.05) is 13.8 Å². The maximum Gasteiger partial charge on any atom is 0.249 e. The number of amides is 2. The van der Waals surface area contributed by atoms with Gasteiger partial charge in [0.2, 0.25) is 11.8 Å². The Morgan fingerprint density at radius 1 is 1.44 bits per heavy atom. The summed E-state index contributed by atoms with van der Waals surface area (Å²) in [5, 5.41) is 3.00. The Hall–Kier alpha value is -1.32. The van der Waals surface area contributed by atoms with Gasteiger partial charge in [0.25, 0.3) is 0 Å². The molecule has 0 aromatic rings. The van der Waals surface area contributed by atoms with E-state index in [2.05, 4.69) is 11.9 Å². The number of rotatable bonds is 3. The Morgan fingerprint density at radius 3 is 2.56 bits per heavy atom. The molecule has 18 heavy (non-hydrogen) atoms. The maximum atomic E-state index is 12.7. The fourth-order valence-corrected chi connectivity index (χ4v) is 3.22.